The highest BCUT2D eigenvalue weighted by Gasteiger charge is 2.46. The van der Waals surface area contributed by atoms with E-state index in [1.54, 1.807) is 19.9 Å². The molecule has 1 saturated heterocycles. The van der Waals surface area contributed by atoms with E-state index in [4.69, 9.17) is 19.0 Å². The van der Waals surface area contributed by atoms with Gasteiger partial charge >= 0.3 is 12.1 Å². The van der Waals surface area contributed by atoms with Crippen LogP contribution in [0.25, 0.3) is 0 Å². The lowest BCUT2D eigenvalue weighted by atomic mass is 9.98. The topological polar surface area (TPSA) is 106 Å². The Morgan fingerprint density at radius 3 is 2.28 bits per heavy atom. The van der Waals surface area contributed by atoms with Crippen LogP contribution in [0.4, 0.5) is 4.79 Å². The summed E-state index contributed by atoms with van der Waals surface area (Å²) in [6.07, 6.45) is 7.06. The molecule has 0 bridgehead atoms. The van der Waals surface area contributed by atoms with Crippen molar-refractivity contribution in [2.24, 2.45) is 5.92 Å². The van der Waals surface area contributed by atoms with E-state index >= 15 is 0 Å². The molecular formula is C30H40BrNO7. The summed E-state index contributed by atoms with van der Waals surface area (Å²) in [7, 11) is 0. The van der Waals surface area contributed by atoms with Crippen LogP contribution in [-0.2, 0) is 25.5 Å². The highest BCUT2D eigenvalue weighted by atomic mass is 79.9. The number of carbonyl (C=O) groups is 3. The first-order chi connectivity index (χ1) is 18.7. The van der Waals surface area contributed by atoms with E-state index in [9.17, 15) is 14.4 Å². The number of hydrogen-bond acceptors (Lipinski definition) is 7. The first-order valence-corrected chi connectivity index (χ1v) is 14.7. The van der Waals surface area contributed by atoms with Crippen molar-refractivity contribution in [1.82, 2.24) is 4.90 Å². The maximum Gasteiger partial charge on any atom is 0.417 e. The number of cyclic esters (lactones) is 1. The van der Waals surface area contributed by atoms with Gasteiger partial charge in [-0.25, -0.2) is 9.69 Å². The zero-order valence-corrected chi connectivity index (χ0v) is 24.7. The predicted molar refractivity (Wildman–Crippen MR) is 150 cm³/mol. The van der Waals surface area contributed by atoms with Crippen molar-refractivity contribution >= 4 is 33.9 Å². The molecule has 0 radical (unpaired) electrons. The summed E-state index contributed by atoms with van der Waals surface area (Å²) in [6.45, 7) is 4.95. The quantitative estimate of drug-likeness (QED) is 0.171. The van der Waals surface area contributed by atoms with Crippen LogP contribution >= 0.6 is 15.9 Å². The molecule has 4 atom stereocenters. The van der Waals surface area contributed by atoms with Crippen LogP contribution in [0.5, 0.6) is 0 Å². The molecule has 39 heavy (non-hydrogen) atoms. The number of hydrogen-bond donors (Lipinski definition) is 1. The number of unbranched alkanes of at least 4 members (excludes halogenated alkanes) is 7. The molecule has 8 nitrogen and oxygen atoms in total. The van der Waals surface area contributed by atoms with Crippen molar-refractivity contribution in [2.75, 3.05) is 6.61 Å². The maximum absolute atomic E-state index is 13.6. The Labute approximate surface area is 239 Å². The number of aliphatic hydroxyl groups is 1. The second kappa shape index (κ2) is 15.2. The summed E-state index contributed by atoms with van der Waals surface area (Å²) in [4.78, 5) is 39.4. The SMILES string of the molecule is CC(=O)O[C@H](c1cc(Br)c(CCCCCCCCCCO)o1)[C@H](C)C(=O)N1C(=O)O[C@H](c2ccccc2)[C@@H]1C. The summed E-state index contributed by atoms with van der Waals surface area (Å²) in [5.41, 5.74) is 0.805. The van der Waals surface area contributed by atoms with Crippen molar-refractivity contribution in [1.29, 1.82) is 0 Å². The van der Waals surface area contributed by atoms with E-state index in [0.29, 0.717) is 12.2 Å². The first kappa shape index (κ1) is 30.9. The third-order valence-corrected chi connectivity index (χ3v) is 7.81. The molecule has 9 heteroatoms. The van der Waals surface area contributed by atoms with E-state index in [1.165, 1.54) is 19.8 Å². The lowest BCUT2D eigenvalue weighted by Gasteiger charge is -2.26. The molecule has 2 heterocycles. The fourth-order valence-corrected chi connectivity index (χ4v) is 5.48. The number of furan rings is 1. The van der Waals surface area contributed by atoms with Gasteiger partial charge in [-0.3, -0.25) is 9.59 Å². The molecule has 0 aliphatic carbocycles. The zero-order chi connectivity index (χ0) is 28.4. The molecule has 0 saturated carbocycles. The average molecular weight is 607 g/mol. The van der Waals surface area contributed by atoms with Gasteiger partial charge in [0.25, 0.3) is 0 Å². The van der Waals surface area contributed by atoms with Crippen molar-refractivity contribution in [3.05, 3.63) is 58.0 Å². The van der Waals surface area contributed by atoms with Crippen molar-refractivity contribution < 1.29 is 33.4 Å². The summed E-state index contributed by atoms with van der Waals surface area (Å²) in [5.74, 6) is -0.827. The number of benzene rings is 1. The molecule has 3 rings (SSSR count). The molecule has 2 amide bonds. The van der Waals surface area contributed by atoms with Gasteiger partial charge in [-0.15, -0.1) is 0 Å². The number of rotatable bonds is 15. The second-order valence-electron chi connectivity index (χ2n) is 10.2. The van der Waals surface area contributed by atoms with Crippen LogP contribution in [0.2, 0.25) is 0 Å². The fraction of sp³-hybridized carbons (Fsp3) is 0.567. The number of ether oxygens (including phenoxy) is 2. The van der Waals surface area contributed by atoms with Crippen LogP contribution < -0.4 is 0 Å². The predicted octanol–water partition coefficient (Wildman–Crippen LogP) is 7.05. The number of imide groups is 1. The Hall–Kier alpha value is -2.65. The third kappa shape index (κ3) is 8.42. The molecule has 1 aliphatic heterocycles. The molecule has 1 fully saturated rings. The average Bonchev–Trinajstić information content (AvgIpc) is 3.43. The number of amides is 2. The number of halogens is 1. The minimum absolute atomic E-state index is 0.268. The Morgan fingerprint density at radius 1 is 1.05 bits per heavy atom. The minimum Gasteiger partial charge on any atom is -0.461 e. The molecule has 1 aromatic carbocycles. The van der Waals surface area contributed by atoms with Gasteiger partial charge in [0, 0.05) is 20.0 Å². The van der Waals surface area contributed by atoms with Gasteiger partial charge in [-0.2, -0.15) is 0 Å². The Kier molecular flexibility index (Phi) is 12.1. The van der Waals surface area contributed by atoms with Crippen LogP contribution in [0, 0.1) is 5.92 Å². The summed E-state index contributed by atoms with van der Waals surface area (Å²) in [6, 6.07) is 10.5. The first-order valence-electron chi connectivity index (χ1n) is 13.9. The summed E-state index contributed by atoms with van der Waals surface area (Å²) < 4.78 is 18.0. The summed E-state index contributed by atoms with van der Waals surface area (Å²) >= 11 is 3.55. The molecule has 2 aromatic rings. The minimum atomic E-state index is -0.991. The zero-order valence-electron chi connectivity index (χ0n) is 23.1. The van der Waals surface area contributed by atoms with Gasteiger partial charge < -0.3 is 19.0 Å². The van der Waals surface area contributed by atoms with Gasteiger partial charge in [0.15, 0.2) is 6.10 Å². The molecule has 1 aliphatic rings. The molecule has 1 aromatic heterocycles. The van der Waals surface area contributed by atoms with Gasteiger partial charge in [-0.1, -0.05) is 68.9 Å². The molecule has 1 N–H and O–H groups in total. The fourth-order valence-electron chi connectivity index (χ4n) is 4.97. The van der Waals surface area contributed by atoms with E-state index < -0.39 is 42.1 Å². The maximum atomic E-state index is 13.6. The van der Waals surface area contributed by atoms with Gasteiger partial charge in [0.2, 0.25) is 5.91 Å². The van der Waals surface area contributed by atoms with Crippen molar-refractivity contribution in [3.63, 3.8) is 0 Å². The molecular weight excluding hydrogens is 566 g/mol. The largest absolute Gasteiger partial charge is 0.461 e. The van der Waals surface area contributed by atoms with E-state index in [2.05, 4.69) is 15.9 Å². The lowest BCUT2D eigenvalue weighted by Crippen LogP contribution is -2.43. The molecule has 0 unspecified atom stereocenters. The standard InChI is InChI=1S/C30H40BrNO7/c1-20(29(35)32-21(2)28(39-30(32)36)23-15-11-10-12-16-23)27(37-22(3)34)26-19-24(31)25(38-26)17-13-8-6-4-5-7-9-14-18-33/h10-12,15-16,19-21,27-28,33H,4-9,13-14,17-18H2,1-3H3/t20-,21-,27-,28-/m0/s1. The molecule has 214 valence electrons. The number of aliphatic hydroxyl groups excluding tert-OH is 1. The smallest absolute Gasteiger partial charge is 0.417 e. The van der Waals surface area contributed by atoms with Gasteiger partial charge in [-0.05, 0) is 54.2 Å². The number of carbonyl (C=O) groups excluding carboxylic acids is 3. The van der Waals surface area contributed by atoms with Crippen molar-refractivity contribution in [3.8, 4) is 0 Å². The van der Waals surface area contributed by atoms with Crippen molar-refractivity contribution in [2.45, 2.75) is 96.8 Å². The van der Waals surface area contributed by atoms with Crippen LogP contribution in [0.15, 0.2) is 45.3 Å². The Balaban J connectivity index is 1.63. The lowest BCUT2D eigenvalue weighted by molar-refractivity contribution is -0.154. The van der Waals surface area contributed by atoms with Crippen LogP contribution in [0.1, 0.15) is 101 Å². The van der Waals surface area contributed by atoms with E-state index in [-0.39, 0.29) is 6.61 Å². The van der Waals surface area contributed by atoms with E-state index in [1.807, 2.05) is 30.3 Å². The monoisotopic (exact) mass is 605 g/mol. The van der Waals surface area contributed by atoms with Gasteiger partial charge in [0.1, 0.15) is 17.6 Å². The van der Waals surface area contributed by atoms with Gasteiger partial charge in [0.05, 0.1) is 16.4 Å². The normalized spacial score (nSPS) is 18.6. The molecule has 0 spiro atoms. The second-order valence-corrected chi connectivity index (χ2v) is 11.1. The van der Waals surface area contributed by atoms with Crippen LogP contribution in [0.3, 0.4) is 0 Å². The highest BCUT2D eigenvalue weighted by molar-refractivity contribution is 9.10. The Morgan fingerprint density at radius 2 is 1.67 bits per heavy atom. The van der Waals surface area contributed by atoms with E-state index in [0.717, 1.165) is 59.2 Å². The number of aryl methyl sites for hydroxylation is 1. The summed E-state index contributed by atoms with van der Waals surface area (Å²) in [5, 5.41) is 8.85. The highest BCUT2D eigenvalue weighted by Crippen LogP contribution is 2.38. The number of esters is 1. The number of nitrogens with zero attached hydrogens (tertiary/aromatic N) is 1. The third-order valence-electron chi connectivity index (χ3n) is 7.14. The Bertz CT molecular complexity index is 1090. The van der Waals surface area contributed by atoms with Crippen LogP contribution in [-0.4, -0.2) is 40.6 Å².